The Morgan fingerprint density at radius 1 is 1.14 bits per heavy atom. The first-order valence-corrected chi connectivity index (χ1v) is 6.65. The second-order valence-electron chi connectivity index (χ2n) is 4.51. The number of carbonyl (C=O) groups is 2. The molecular formula is C15H14ClN3O2. The second-order valence-corrected chi connectivity index (χ2v) is 4.90. The van der Waals surface area contributed by atoms with Gasteiger partial charge in [-0.1, -0.05) is 23.7 Å². The van der Waals surface area contributed by atoms with Gasteiger partial charge in [-0.15, -0.1) is 0 Å². The predicted molar refractivity (Wildman–Crippen MR) is 82.7 cm³/mol. The summed E-state index contributed by atoms with van der Waals surface area (Å²) in [5, 5.41) is 5.68. The molecule has 1 heterocycles. The van der Waals surface area contributed by atoms with E-state index in [2.05, 4.69) is 15.6 Å². The summed E-state index contributed by atoms with van der Waals surface area (Å²) < 4.78 is 0. The zero-order valence-corrected chi connectivity index (χ0v) is 12.4. The number of halogens is 1. The number of carbonyl (C=O) groups excluding carboxylic acids is 2. The van der Waals surface area contributed by atoms with Gasteiger partial charge < -0.3 is 10.6 Å². The predicted octanol–water partition coefficient (Wildman–Crippen LogP) is 3.25. The average molecular weight is 304 g/mol. The third-order valence-electron chi connectivity index (χ3n) is 2.75. The van der Waals surface area contributed by atoms with E-state index in [1.54, 1.807) is 30.3 Å². The normalized spacial score (nSPS) is 10.0. The van der Waals surface area contributed by atoms with Crippen molar-refractivity contribution in [2.45, 2.75) is 13.8 Å². The highest BCUT2D eigenvalue weighted by Gasteiger charge is 2.10. The molecular weight excluding hydrogens is 290 g/mol. The molecule has 0 saturated carbocycles. The number of hydrogen-bond acceptors (Lipinski definition) is 3. The van der Waals surface area contributed by atoms with Gasteiger partial charge in [-0.3, -0.25) is 9.59 Å². The number of hydrogen-bond donors (Lipinski definition) is 2. The van der Waals surface area contributed by atoms with E-state index in [1.165, 1.54) is 6.92 Å². The van der Waals surface area contributed by atoms with E-state index in [9.17, 15) is 9.59 Å². The van der Waals surface area contributed by atoms with Gasteiger partial charge in [-0.2, -0.15) is 0 Å². The Morgan fingerprint density at radius 3 is 2.57 bits per heavy atom. The molecule has 0 spiro atoms. The fourth-order valence-corrected chi connectivity index (χ4v) is 1.92. The van der Waals surface area contributed by atoms with Crippen LogP contribution in [0.4, 0.5) is 11.4 Å². The third-order valence-corrected chi connectivity index (χ3v) is 2.96. The summed E-state index contributed by atoms with van der Waals surface area (Å²) in [6.07, 6.45) is 0. The smallest absolute Gasteiger partial charge is 0.274 e. The van der Waals surface area contributed by atoms with Crippen molar-refractivity contribution in [2.75, 3.05) is 10.6 Å². The van der Waals surface area contributed by atoms with E-state index < -0.39 is 0 Å². The van der Waals surface area contributed by atoms with Gasteiger partial charge in [0.15, 0.2) is 0 Å². The number of aromatic nitrogens is 1. The zero-order chi connectivity index (χ0) is 15.4. The van der Waals surface area contributed by atoms with Gasteiger partial charge in [0, 0.05) is 18.3 Å². The zero-order valence-electron chi connectivity index (χ0n) is 11.6. The summed E-state index contributed by atoms with van der Waals surface area (Å²) in [6.45, 7) is 3.28. The van der Waals surface area contributed by atoms with Crippen LogP contribution in [0.15, 0.2) is 36.4 Å². The van der Waals surface area contributed by atoms with E-state index in [4.69, 9.17) is 11.6 Å². The molecule has 0 radical (unpaired) electrons. The monoisotopic (exact) mass is 303 g/mol. The molecule has 2 rings (SSSR count). The SMILES string of the molecule is CC(=O)Nc1ccc(C)c(NC(=O)c2cccc(Cl)n2)c1. The molecule has 0 atom stereocenters. The summed E-state index contributed by atoms with van der Waals surface area (Å²) in [7, 11) is 0. The molecule has 2 amide bonds. The summed E-state index contributed by atoms with van der Waals surface area (Å²) in [5.41, 5.74) is 2.32. The van der Waals surface area contributed by atoms with Crippen LogP contribution >= 0.6 is 11.6 Å². The highest BCUT2D eigenvalue weighted by molar-refractivity contribution is 6.29. The molecule has 0 fully saturated rings. The van der Waals surface area contributed by atoms with E-state index in [0.29, 0.717) is 11.4 Å². The lowest BCUT2D eigenvalue weighted by Gasteiger charge is -2.10. The number of benzene rings is 1. The molecule has 0 saturated heterocycles. The highest BCUT2D eigenvalue weighted by Crippen LogP contribution is 2.21. The Hall–Kier alpha value is -2.40. The second kappa shape index (κ2) is 6.37. The van der Waals surface area contributed by atoms with Crippen LogP contribution in [0.1, 0.15) is 23.0 Å². The van der Waals surface area contributed by atoms with Crippen LogP contribution < -0.4 is 10.6 Å². The van der Waals surface area contributed by atoms with Crippen LogP contribution in [0.25, 0.3) is 0 Å². The van der Waals surface area contributed by atoms with Gasteiger partial charge in [0.2, 0.25) is 5.91 Å². The Morgan fingerprint density at radius 2 is 1.90 bits per heavy atom. The molecule has 2 N–H and O–H groups in total. The maximum atomic E-state index is 12.1. The molecule has 5 nitrogen and oxygen atoms in total. The van der Waals surface area contributed by atoms with E-state index in [-0.39, 0.29) is 22.7 Å². The number of aryl methyl sites for hydroxylation is 1. The lowest BCUT2D eigenvalue weighted by molar-refractivity contribution is -0.114. The van der Waals surface area contributed by atoms with Crippen LogP contribution in [0.3, 0.4) is 0 Å². The molecule has 0 bridgehead atoms. The summed E-state index contributed by atoms with van der Waals surface area (Å²) in [6, 6.07) is 10.1. The summed E-state index contributed by atoms with van der Waals surface area (Å²) >= 11 is 5.77. The molecule has 1 aromatic carbocycles. The van der Waals surface area contributed by atoms with Crippen LogP contribution in [-0.2, 0) is 4.79 Å². The fraction of sp³-hybridized carbons (Fsp3) is 0.133. The van der Waals surface area contributed by atoms with Gasteiger partial charge in [-0.25, -0.2) is 4.98 Å². The molecule has 0 unspecified atom stereocenters. The fourth-order valence-electron chi connectivity index (χ4n) is 1.76. The van der Waals surface area contributed by atoms with Crippen molar-refractivity contribution in [3.63, 3.8) is 0 Å². The number of anilines is 2. The largest absolute Gasteiger partial charge is 0.326 e. The van der Waals surface area contributed by atoms with Crippen molar-refractivity contribution in [1.29, 1.82) is 0 Å². The molecule has 0 aliphatic heterocycles. The minimum absolute atomic E-state index is 0.173. The van der Waals surface area contributed by atoms with E-state index in [1.807, 2.05) is 13.0 Å². The van der Waals surface area contributed by atoms with Gasteiger partial charge in [0.05, 0.1) is 0 Å². The van der Waals surface area contributed by atoms with Crippen LogP contribution in [0.2, 0.25) is 5.15 Å². The first-order valence-electron chi connectivity index (χ1n) is 6.28. The van der Waals surface area contributed by atoms with Gasteiger partial charge in [0.1, 0.15) is 10.8 Å². The molecule has 108 valence electrons. The molecule has 0 aliphatic carbocycles. The summed E-state index contributed by atoms with van der Waals surface area (Å²) in [4.78, 5) is 27.2. The van der Waals surface area contributed by atoms with Crippen molar-refractivity contribution < 1.29 is 9.59 Å². The van der Waals surface area contributed by atoms with Crippen molar-refractivity contribution in [2.24, 2.45) is 0 Å². The Kier molecular flexibility index (Phi) is 4.55. The molecule has 6 heteroatoms. The number of nitrogens with zero attached hydrogens (tertiary/aromatic N) is 1. The van der Waals surface area contributed by atoms with Crippen molar-refractivity contribution in [3.8, 4) is 0 Å². The Bertz CT molecular complexity index is 701. The average Bonchev–Trinajstić information content (AvgIpc) is 2.42. The van der Waals surface area contributed by atoms with Gasteiger partial charge >= 0.3 is 0 Å². The standard InChI is InChI=1S/C15H14ClN3O2/c1-9-6-7-11(17-10(2)20)8-13(9)19-15(21)12-4-3-5-14(16)18-12/h3-8H,1-2H3,(H,17,20)(H,19,21). The van der Waals surface area contributed by atoms with Crippen molar-refractivity contribution in [1.82, 2.24) is 4.98 Å². The van der Waals surface area contributed by atoms with Gasteiger partial charge in [-0.05, 0) is 36.8 Å². The number of pyridine rings is 1. The third kappa shape index (κ3) is 4.03. The number of rotatable bonds is 3. The van der Waals surface area contributed by atoms with E-state index in [0.717, 1.165) is 5.56 Å². The molecule has 1 aromatic heterocycles. The van der Waals surface area contributed by atoms with Crippen molar-refractivity contribution >= 4 is 34.8 Å². The van der Waals surface area contributed by atoms with Crippen molar-refractivity contribution in [3.05, 3.63) is 52.8 Å². The molecule has 2 aromatic rings. The lowest BCUT2D eigenvalue weighted by Crippen LogP contribution is -2.15. The quantitative estimate of drug-likeness (QED) is 0.855. The first-order chi connectivity index (χ1) is 9.95. The number of nitrogens with one attached hydrogen (secondary N) is 2. The van der Waals surface area contributed by atoms with Gasteiger partial charge in [0.25, 0.3) is 5.91 Å². The number of amides is 2. The van der Waals surface area contributed by atoms with Crippen LogP contribution in [-0.4, -0.2) is 16.8 Å². The van der Waals surface area contributed by atoms with Crippen LogP contribution in [0.5, 0.6) is 0 Å². The minimum Gasteiger partial charge on any atom is -0.326 e. The summed E-state index contributed by atoms with van der Waals surface area (Å²) in [5.74, 6) is -0.534. The van der Waals surface area contributed by atoms with Crippen LogP contribution in [0, 0.1) is 6.92 Å². The molecule has 21 heavy (non-hydrogen) atoms. The minimum atomic E-state index is -0.361. The Balaban J connectivity index is 2.22. The highest BCUT2D eigenvalue weighted by atomic mass is 35.5. The topological polar surface area (TPSA) is 71.1 Å². The maximum absolute atomic E-state index is 12.1. The molecule has 0 aliphatic rings. The first kappa shape index (κ1) is 15.0. The Labute approximate surface area is 127 Å². The lowest BCUT2D eigenvalue weighted by atomic mass is 10.1. The maximum Gasteiger partial charge on any atom is 0.274 e. The van der Waals surface area contributed by atoms with E-state index >= 15 is 0 Å².